The number of hydrogen-bond acceptors (Lipinski definition) is 3. The van der Waals surface area contributed by atoms with Gasteiger partial charge in [-0.1, -0.05) is 24.9 Å². The van der Waals surface area contributed by atoms with Crippen LogP contribution in [0.15, 0.2) is 18.2 Å². The first kappa shape index (κ1) is 17.5. The second-order valence-electron chi connectivity index (χ2n) is 5.85. The van der Waals surface area contributed by atoms with E-state index in [1.165, 1.54) is 0 Å². The van der Waals surface area contributed by atoms with Crippen molar-refractivity contribution < 1.29 is 14.3 Å². The zero-order valence-electron chi connectivity index (χ0n) is 13.0. The zero-order valence-corrected chi connectivity index (χ0v) is 13.7. The molecule has 0 aliphatic carbocycles. The third-order valence-electron chi connectivity index (χ3n) is 2.67. The molecule has 1 N–H and O–H groups in total. The fourth-order valence-corrected chi connectivity index (χ4v) is 2.00. The van der Waals surface area contributed by atoms with Gasteiger partial charge in [0, 0.05) is 17.7 Å². The molecule has 116 valence electrons. The largest absolute Gasteiger partial charge is 0.444 e. The van der Waals surface area contributed by atoms with Gasteiger partial charge in [0.25, 0.3) is 0 Å². The summed E-state index contributed by atoms with van der Waals surface area (Å²) in [4.78, 5) is 23.6. The lowest BCUT2D eigenvalue weighted by Crippen LogP contribution is -2.27. The maximum absolute atomic E-state index is 11.9. The van der Waals surface area contributed by atoms with Crippen LogP contribution < -0.4 is 5.32 Å². The Hall–Kier alpha value is -1.55. The molecule has 0 bridgehead atoms. The number of Topliss-reactive ketones (excluding diaryl/α,β-unsaturated/α-hetero) is 1. The van der Waals surface area contributed by atoms with E-state index in [1.54, 1.807) is 39.0 Å². The molecule has 1 aromatic carbocycles. The first-order chi connectivity index (χ1) is 9.73. The first-order valence-corrected chi connectivity index (χ1v) is 7.43. The van der Waals surface area contributed by atoms with Crippen molar-refractivity contribution in [3.63, 3.8) is 0 Å². The normalized spacial score (nSPS) is 11.1. The molecule has 0 fully saturated rings. The first-order valence-electron chi connectivity index (χ1n) is 7.05. The van der Waals surface area contributed by atoms with Gasteiger partial charge < -0.3 is 4.74 Å². The number of nitrogens with one attached hydrogen (secondary N) is 1. The molecule has 21 heavy (non-hydrogen) atoms. The number of carbonyl (C=O) groups is 2. The summed E-state index contributed by atoms with van der Waals surface area (Å²) >= 11 is 6.11. The SMILES string of the molecule is CCCCC(=O)c1ccc(NC(=O)OC(C)(C)C)cc1Cl. The molecule has 5 heteroatoms. The van der Waals surface area contributed by atoms with Crippen LogP contribution in [0, 0.1) is 0 Å². The van der Waals surface area contributed by atoms with Gasteiger partial charge in [0.05, 0.1) is 5.02 Å². The monoisotopic (exact) mass is 311 g/mol. The predicted molar refractivity (Wildman–Crippen MR) is 85.2 cm³/mol. The molecule has 0 aliphatic heterocycles. The summed E-state index contributed by atoms with van der Waals surface area (Å²) in [7, 11) is 0. The molecule has 4 nitrogen and oxygen atoms in total. The maximum atomic E-state index is 11.9. The van der Waals surface area contributed by atoms with Gasteiger partial charge in [-0.2, -0.15) is 0 Å². The Balaban J connectivity index is 2.74. The number of rotatable bonds is 5. The van der Waals surface area contributed by atoms with Crippen molar-refractivity contribution in [1.82, 2.24) is 0 Å². The number of amides is 1. The topological polar surface area (TPSA) is 55.4 Å². The number of carbonyl (C=O) groups excluding carboxylic acids is 2. The van der Waals surface area contributed by atoms with Crippen LogP contribution in [0.2, 0.25) is 5.02 Å². The smallest absolute Gasteiger partial charge is 0.412 e. The van der Waals surface area contributed by atoms with Gasteiger partial charge in [-0.3, -0.25) is 10.1 Å². The molecule has 0 aromatic heterocycles. The minimum Gasteiger partial charge on any atom is -0.444 e. The van der Waals surface area contributed by atoms with E-state index >= 15 is 0 Å². The quantitative estimate of drug-likeness (QED) is 0.773. The van der Waals surface area contributed by atoms with Crippen LogP contribution in [0.5, 0.6) is 0 Å². The summed E-state index contributed by atoms with van der Waals surface area (Å²) in [6.45, 7) is 7.39. The van der Waals surface area contributed by atoms with Crippen LogP contribution >= 0.6 is 11.6 Å². The van der Waals surface area contributed by atoms with Crippen LogP contribution in [0.25, 0.3) is 0 Å². The lowest BCUT2D eigenvalue weighted by atomic mass is 10.1. The Morgan fingerprint density at radius 3 is 2.48 bits per heavy atom. The highest BCUT2D eigenvalue weighted by Gasteiger charge is 2.17. The standard InChI is InChI=1S/C16H22ClNO3/c1-5-6-7-14(19)12-9-8-11(10-13(12)17)18-15(20)21-16(2,3)4/h8-10H,5-7H2,1-4H3,(H,18,20). The molecule has 0 unspecified atom stereocenters. The highest BCUT2D eigenvalue weighted by molar-refractivity contribution is 6.34. The number of unbranched alkanes of at least 4 members (excludes halogenated alkanes) is 1. The summed E-state index contributed by atoms with van der Waals surface area (Å²) < 4.78 is 5.15. The van der Waals surface area contributed by atoms with Gasteiger partial charge in [0.15, 0.2) is 5.78 Å². The van der Waals surface area contributed by atoms with Crippen molar-refractivity contribution in [2.45, 2.75) is 52.6 Å². The molecule has 0 aliphatic rings. The van der Waals surface area contributed by atoms with Crippen molar-refractivity contribution in [3.8, 4) is 0 Å². The highest BCUT2D eigenvalue weighted by Crippen LogP contribution is 2.23. The molecule has 1 aromatic rings. The van der Waals surface area contributed by atoms with Gasteiger partial charge in [-0.05, 0) is 45.4 Å². The Bertz CT molecular complexity index is 521. The summed E-state index contributed by atoms with van der Waals surface area (Å²) in [5, 5.41) is 2.93. The molecule has 0 heterocycles. The molecule has 1 rings (SSSR count). The number of anilines is 1. The predicted octanol–water partition coefficient (Wildman–Crippen LogP) is 5.06. The molecular weight excluding hydrogens is 290 g/mol. The lowest BCUT2D eigenvalue weighted by Gasteiger charge is -2.19. The van der Waals surface area contributed by atoms with Gasteiger partial charge >= 0.3 is 6.09 Å². The molecule has 0 saturated carbocycles. The highest BCUT2D eigenvalue weighted by atomic mass is 35.5. The Kier molecular flexibility index (Phi) is 6.21. The van der Waals surface area contributed by atoms with Crippen LogP contribution in [0.4, 0.5) is 10.5 Å². The van der Waals surface area contributed by atoms with Crippen molar-refractivity contribution >= 4 is 29.2 Å². The van der Waals surface area contributed by atoms with Crippen molar-refractivity contribution in [2.24, 2.45) is 0 Å². The molecule has 0 spiro atoms. The fraction of sp³-hybridized carbons (Fsp3) is 0.500. The minimum absolute atomic E-state index is 0.0191. The van der Waals surface area contributed by atoms with E-state index in [0.717, 1.165) is 12.8 Å². The summed E-state index contributed by atoms with van der Waals surface area (Å²) in [5.41, 5.74) is 0.422. The molecule has 1 amide bonds. The number of halogens is 1. The second-order valence-corrected chi connectivity index (χ2v) is 6.26. The average Bonchev–Trinajstić information content (AvgIpc) is 2.33. The van der Waals surface area contributed by atoms with Crippen LogP contribution in [-0.4, -0.2) is 17.5 Å². The van der Waals surface area contributed by atoms with Crippen molar-refractivity contribution in [1.29, 1.82) is 0 Å². The fourth-order valence-electron chi connectivity index (χ4n) is 1.71. The molecule has 0 saturated heterocycles. The summed E-state index contributed by atoms with van der Waals surface area (Å²) in [6.07, 6.45) is 1.73. The van der Waals surface area contributed by atoms with E-state index in [9.17, 15) is 9.59 Å². The third kappa shape index (κ3) is 6.17. The van der Waals surface area contributed by atoms with Crippen LogP contribution in [0.3, 0.4) is 0 Å². The number of benzene rings is 1. The molecule has 0 radical (unpaired) electrons. The van der Waals surface area contributed by atoms with Crippen molar-refractivity contribution in [3.05, 3.63) is 28.8 Å². The van der Waals surface area contributed by atoms with E-state index < -0.39 is 11.7 Å². The van der Waals surface area contributed by atoms with E-state index in [4.69, 9.17) is 16.3 Å². The van der Waals surface area contributed by atoms with Crippen LogP contribution in [0.1, 0.15) is 57.3 Å². The van der Waals surface area contributed by atoms with Crippen LogP contribution in [-0.2, 0) is 4.74 Å². The van der Waals surface area contributed by atoms with Gasteiger partial charge in [-0.25, -0.2) is 4.79 Å². The Morgan fingerprint density at radius 1 is 1.29 bits per heavy atom. The average molecular weight is 312 g/mol. The van der Waals surface area contributed by atoms with E-state index in [0.29, 0.717) is 22.7 Å². The number of hydrogen-bond donors (Lipinski definition) is 1. The molecule has 0 atom stereocenters. The van der Waals surface area contributed by atoms with Gasteiger partial charge in [0.2, 0.25) is 0 Å². The zero-order chi connectivity index (χ0) is 16.0. The van der Waals surface area contributed by atoms with Gasteiger partial charge in [-0.15, -0.1) is 0 Å². The summed E-state index contributed by atoms with van der Waals surface area (Å²) in [6, 6.07) is 4.84. The maximum Gasteiger partial charge on any atom is 0.412 e. The molecular formula is C16H22ClNO3. The Labute approximate surface area is 130 Å². The van der Waals surface area contributed by atoms with Crippen molar-refractivity contribution in [2.75, 3.05) is 5.32 Å². The van der Waals surface area contributed by atoms with Gasteiger partial charge in [0.1, 0.15) is 5.60 Å². The minimum atomic E-state index is -0.566. The number of ether oxygens (including phenoxy) is 1. The Morgan fingerprint density at radius 2 is 1.95 bits per heavy atom. The second kappa shape index (κ2) is 7.46. The summed E-state index contributed by atoms with van der Waals surface area (Å²) in [5.74, 6) is 0.0191. The number of ketones is 1. The van der Waals surface area contributed by atoms with E-state index in [-0.39, 0.29) is 5.78 Å². The van der Waals surface area contributed by atoms with E-state index in [1.807, 2.05) is 6.92 Å². The third-order valence-corrected chi connectivity index (χ3v) is 2.98. The lowest BCUT2D eigenvalue weighted by molar-refractivity contribution is 0.0636. The van der Waals surface area contributed by atoms with E-state index in [2.05, 4.69) is 5.32 Å².